The number of halogens is 2. The first-order valence-corrected chi connectivity index (χ1v) is 16.0. The van der Waals surface area contributed by atoms with Crippen LogP contribution in [0.1, 0.15) is 108 Å². The van der Waals surface area contributed by atoms with E-state index in [1.54, 1.807) is 12.1 Å². The van der Waals surface area contributed by atoms with Crippen molar-refractivity contribution >= 4 is 35.1 Å². The summed E-state index contributed by atoms with van der Waals surface area (Å²) in [6, 6.07) is 5.41. The van der Waals surface area contributed by atoms with Gasteiger partial charge in [-0.15, -0.1) is 0 Å². The quantitative estimate of drug-likeness (QED) is 0.0991. The molecule has 2 aliphatic carbocycles. The van der Waals surface area contributed by atoms with Crippen LogP contribution in [0.4, 0.5) is 0 Å². The van der Waals surface area contributed by atoms with E-state index >= 15 is 0 Å². The lowest BCUT2D eigenvalue weighted by molar-refractivity contribution is -0.153. The second-order valence-electron chi connectivity index (χ2n) is 11.5. The molecule has 1 aromatic carbocycles. The third-order valence-corrected chi connectivity index (χ3v) is 9.08. The Bertz CT molecular complexity index is 1050. The van der Waals surface area contributed by atoms with E-state index in [-0.39, 0.29) is 5.97 Å². The normalized spacial score (nSPS) is 21.9. The van der Waals surface area contributed by atoms with Crippen molar-refractivity contribution in [3.8, 4) is 0 Å². The van der Waals surface area contributed by atoms with E-state index in [0.717, 1.165) is 89.0 Å². The molecule has 4 nitrogen and oxygen atoms in total. The first-order valence-electron chi connectivity index (χ1n) is 15.2. The number of carboxylic acids is 1. The van der Waals surface area contributed by atoms with Crippen molar-refractivity contribution < 1.29 is 19.4 Å². The van der Waals surface area contributed by atoms with Crippen LogP contribution in [0.3, 0.4) is 0 Å². The fraction of sp³-hybridized carbons (Fsp3) is 0.588. The molecule has 3 rings (SSSR count). The van der Waals surface area contributed by atoms with Gasteiger partial charge in [0.15, 0.2) is 0 Å². The zero-order chi connectivity index (χ0) is 28.7. The number of allylic oxidation sites excluding steroid dienone is 4. The molecule has 0 heterocycles. The van der Waals surface area contributed by atoms with Gasteiger partial charge in [0.1, 0.15) is 0 Å². The lowest BCUT2D eigenvalue weighted by atomic mass is 9.82. The smallest absolute Gasteiger partial charge is 0.315 e. The lowest BCUT2D eigenvalue weighted by Gasteiger charge is -2.25. The summed E-state index contributed by atoms with van der Waals surface area (Å²) in [4.78, 5) is 24.6. The Morgan fingerprint density at radius 2 is 1.40 bits per heavy atom. The summed E-state index contributed by atoms with van der Waals surface area (Å²) < 4.78 is 5.70. The largest absolute Gasteiger partial charge is 0.481 e. The fourth-order valence-electron chi connectivity index (χ4n) is 5.91. The van der Waals surface area contributed by atoms with Gasteiger partial charge in [0.2, 0.25) is 0 Å². The third kappa shape index (κ3) is 10.1. The lowest BCUT2D eigenvalue weighted by Crippen LogP contribution is -2.30. The second-order valence-corrected chi connectivity index (χ2v) is 12.3. The number of hydrogen-bond donors (Lipinski definition) is 1. The first kappa shape index (κ1) is 32.5. The molecule has 0 saturated carbocycles. The standard InChI is InChI=1S/C34H46Cl2O4/c35-29-18-17-28(30(36)27-29)19-26-40-32(39)34(24-15-16-25-34)23-12-10-8-6-4-2-1-3-5-7-9-11-20-33(31(37)38)21-13-14-22-33/h1-2,13,15,17-18,21,24,27H,3-12,14,16,19-20,22-23,25-26H2,(H,37,38)/b2-1-. The van der Waals surface area contributed by atoms with E-state index in [4.69, 9.17) is 27.9 Å². The number of esters is 1. The summed E-state index contributed by atoms with van der Waals surface area (Å²) in [5.74, 6) is -0.764. The van der Waals surface area contributed by atoms with Crippen LogP contribution >= 0.6 is 23.2 Å². The maximum Gasteiger partial charge on any atom is 0.315 e. The molecule has 0 fully saturated rings. The summed E-state index contributed by atoms with van der Waals surface area (Å²) in [6.07, 6.45) is 29.5. The molecule has 6 heteroatoms. The van der Waals surface area contributed by atoms with E-state index < -0.39 is 16.8 Å². The molecular weight excluding hydrogens is 543 g/mol. The Labute approximate surface area is 250 Å². The highest BCUT2D eigenvalue weighted by Crippen LogP contribution is 2.39. The van der Waals surface area contributed by atoms with Crippen LogP contribution in [0, 0.1) is 10.8 Å². The van der Waals surface area contributed by atoms with Crippen LogP contribution in [0.2, 0.25) is 10.0 Å². The van der Waals surface area contributed by atoms with Gasteiger partial charge in [0.05, 0.1) is 17.4 Å². The van der Waals surface area contributed by atoms with Gasteiger partial charge in [-0.3, -0.25) is 9.59 Å². The molecule has 1 aromatic rings. The molecule has 1 N–H and O–H groups in total. The van der Waals surface area contributed by atoms with Gasteiger partial charge < -0.3 is 9.84 Å². The molecule has 0 bridgehead atoms. The van der Waals surface area contributed by atoms with E-state index in [2.05, 4.69) is 24.3 Å². The Morgan fingerprint density at radius 1 is 0.825 bits per heavy atom. The van der Waals surface area contributed by atoms with Gasteiger partial charge in [-0.2, -0.15) is 0 Å². The van der Waals surface area contributed by atoms with Crippen LogP contribution in [0.5, 0.6) is 0 Å². The molecular formula is C34H46Cl2O4. The van der Waals surface area contributed by atoms with Gasteiger partial charge in [0.25, 0.3) is 0 Å². The number of carboxylic acid groups (broad SMARTS) is 1. The molecule has 2 unspecified atom stereocenters. The molecule has 40 heavy (non-hydrogen) atoms. The van der Waals surface area contributed by atoms with Crippen molar-refractivity contribution in [1.29, 1.82) is 0 Å². The van der Waals surface area contributed by atoms with Crippen molar-refractivity contribution in [1.82, 2.24) is 0 Å². The van der Waals surface area contributed by atoms with Gasteiger partial charge >= 0.3 is 11.9 Å². The van der Waals surface area contributed by atoms with Gasteiger partial charge in [0, 0.05) is 16.5 Å². The van der Waals surface area contributed by atoms with Crippen LogP contribution in [-0.4, -0.2) is 23.7 Å². The number of aliphatic carboxylic acids is 1. The predicted octanol–water partition coefficient (Wildman–Crippen LogP) is 10.1. The highest BCUT2D eigenvalue weighted by Gasteiger charge is 2.39. The molecule has 0 spiro atoms. The number of hydrogen-bond acceptors (Lipinski definition) is 3. The second kappa shape index (κ2) is 17.0. The summed E-state index contributed by atoms with van der Waals surface area (Å²) in [5.41, 5.74) is -0.122. The van der Waals surface area contributed by atoms with Gasteiger partial charge in [-0.05, 0) is 81.9 Å². The highest BCUT2D eigenvalue weighted by atomic mass is 35.5. The van der Waals surface area contributed by atoms with Crippen LogP contribution in [0.15, 0.2) is 54.7 Å². The highest BCUT2D eigenvalue weighted by molar-refractivity contribution is 6.35. The topological polar surface area (TPSA) is 63.6 Å². The monoisotopic (exact) mass is 588 g/mol. The Kier molecular flexibility index (Phi) is 13.8. The zero-order valence-electron chi connectivity index (χ0n) is 23.9. The average molecular weight is 590 g/mol. The average Bonchev–Trinajstić information content (AvgIpc) is 3.61. The van der Waals surface area contributed by atoms with Crippen molar-refractivity contribution in [2.24, 2.45) is 10.8 Å². The summed E-state index contributed by atoms with van der Waals surface area (Å²) in [6.45, 7) is 0.325. The minimum atomic E-state index is -0.658. The molecule has 0 amide bonds. The van der Waals surface area contributed by atoms with E-state index in [9.17, 15) is 14.7 Å². The van der Waals surface area contributed by atoms with Crippen molar-refractivity contribution in [2.45, 2.75) is 109 Å². The number of benzene rings is 1. The summed E-state index contributed by atoms with van der Waals surface area (Å²) in [7, 11) is 0. The van der Waals surface area contributed by atoms with Crippen LogP contribution < -0.4 is 0 Å². The van der Waals surface area contributed by atoms with E-state index in [1.165, 1.54) is 19.3 Å². The maximum atomic E-state index is 13.0. The number of rotatable bonds is 19. The Balaban J connectivity index is 1.20. The minimum absolute atomic E-state index is 0.106. The van der Waals surface area contributed by atoms with E-state index in [1.807, 2.05) is 18.2 Å². The molecule has 0 aliphatic heterocycles. The summed E-state index contributed by atoms with van der Waals surface area (Å²) in [5, 5.41) is 10.7. The van der Waals surface area contributed by atoms with Crippen molar-refractivity contribution in [3.05, 3.63) is 70.3 Å². The van der Waals surface area contributed by atoms with Gasteiger partial charge in [-0.25, -0.2) is 0 Å². The molecule has 0 saturated heterocycles. The number of ether oxygens (including phenoxy) is 1. The van der Waals surface area contributed by atoms with Crippen molar-refractivity contribution in [3.63, 3.8) is 0 Å². The number of carbonyl (C=O) groups is 2. The van der Waals surface area contributed by atoms with Crippen LogP contribution in [0.25, 0.3) is 0 Å². The zero-order valence-corrected chi connectivity index (χ0v) is 25.4. The van der Waals surface area contributed by atoms with Crippen molar-refractivity contribution in [2.75, 3.05) is 6.61 Å². The molecule has 2 aliphatic rings. The minimum Gasteiger partial charge on any atom is -0.481 e. The van der Waals surface area contributed by atoms with E-state index in [0.29, 0.717) is 23.1 Å². The fourth-order valence-corrected chi connectivity index (χ4v) is 6.41. The molecule has 0 aromatic heterocycles. The number of unbranched alkanes of at least 4 members (excludes halogenated alkanes) is 8. The third-order valence-electron chi connectivity index (χ3n) is 8.49. The molecule has 220 valence electrons. The molecule has 2 atom stereocenters. The Morgan fingerprint density at radius 3 is 1.95 bits per heavy atom. The SMILES string of the molecule is O=C(O)C1(CCCCCC/C=C\CCCCCCC2(C(=O)OCCc3ccc(Cl)cc3Cl)C=CCC2)C=CCC1. The predicted molar refractivity (Wildman–Crippen MR) is 165 cm³/mol. The summed E-state index contributed by atoms with van der Waals surface area (Å²) >= 11 is 12.2. The maximum absolute atomic E-state index is 13.0. The van der Waals surface area contributed by atoms with Crippen LogP contribution in [-0.2, 0) is 20.7 Å². The first-order chi connectivity index (χ1) is 19.4. The Hall–Kier alpha value is -2.04. The molecule has 0 radical (unpaired) electrons. The number of carbonyl (C=O) groups excluding carboxylic acids is 1. The van der Waals surface area contributed by atoms with Gasteiger partial charge in [-0.1, -0.05) is 104 Å².